The smallest absolute Gasteiger partial charge is 0.414 e. The fourth-order valence-corrected chi connectivity index (χ4v) is 2.61. The summed E-state index contributed by atoms with van der Waals surface area (Å²) in [6, 6.07) is 14.6. The lowest BCUT2D eigenvalue weighted by Gasteiger charge is -2.20. The summed E-state index contributed by atoms with van der Waals surface area (Å²) in [7, 11) is 0. The van der Waals surface area contributed by atoms with Gasteiger partial charge in [0, 0.05) is 6.20 Å². The highest BCUT2D eigenvalue weighted by molar-refractivity contribution is 5.84. The highest BCUT2D eigenvalue weighted by Crippen LogP contribution is 2.21. The van der Waals surface area contributed by atoms with Crippen LogP contribution >= 0.6 is 0 Å². The first-order chi connectivity index (χ1) is 10.1. The van der Waals surface area contributed by atoms with E-state index in [9.17, 15) is 4.79 Å². The van der Waals surface area contributed by atoms with Crippen molar-refractivity contribution in [1.29, 1.82) is 0 Å². The van der Waals surface area contributed by atoms with E-state index in [-0.39, 0.29) is 12.1 Å². The van der Waals surface area contributed by atoms with E-state index < -0.39 is 0 Å². The molecular weight excluding hydrogens is 262 g/mol. The summed E-state index contributed by atoms with van der Waals surface area (Å²) in [6.45, 7) is 4.67. The zero-order chi connectivity index (χ0) is 14.8. The van der Waals surface area contributed by atoms with Gasteiger partial charge >= 0.3 is 6.09 Å². The first-order valence-electron chi connectivity index (χ1n) is 7.27. The van der Waals surface area contributed by atoms with Gasteiger partial charge in [0.05, 0.1) is 6.04 Å². The third kappa shape index (κ3) is 2.77. The fourth-order valence-electron chi connectivity index (χ4n) is 2.61. The van der Waals surface area contributed by atoms with Gasteiger partial charge in [-0.2, -0.15) is 0 Å². The number of benzene rings is 2. The van der Waals surface area contributed by atoms with Crippen LogP contribution in [0.15, 0.2) is 48.7 Å². The second-order valence-corrected chi connectivity index (χ2v) is 5.72. The van der Waals surface area contributed by atoms with Crippen molar-refractivity contribution < 1.29 is 9.53 Å². The average molecular weight is 281 g/mol. The van der Waals surface area contributed by atoms with E-state index in [2.05, 4.69) is 44.2 Å². The lowest BCUT2D eigenvalue weighted by molar-refractivity contribution is 0.166. The third-order valence-corrected chi connectivity index (χ3v) is 3.92. The van der Waals surface area contributed by atoms with Gasteiger partial charge in [-0.1, -0.05) is 50.2 Å². The summed E-state index contributed by atoms with van der Waals surface area (Å²) >= 11 is 0. The van der Waals surface area contributed by atoms with Gasteiger partial charge in [0.1, 0.15) is 6.61 Å². The minimum Gasteiger partial charge on any atom is -0.447 e. The molecule has 0 unspecified atom stereocenters. The van der Waals surface area contributed by atoms with Crippen LogP contribution in [0.5, 0.6) is 0 Å². The van der Waals surface area contributed by atoms with E-state index in [1.165, 1.54) is 10.8 Å². The van der Waals surface area contributed by atoms with Crippen LogP contribution in [-0.2, 0) is 4.74 Å². The summed E-state index contributed by atoms with van der Waals surface area (Å²) in [4.78, 5) is 13.5. The topological polar surface area (TPSA) is 29.5 Å². The Morgan fingerprint density at radius 2 is 1.95 bits per heavy atom. The molecule has 0 N–H and O–H groups in total. The maximum atomic E-state index is 11.8. The minimum atomic E-state index is -0.259. The van der Waals surface area contributed by atoms with E-state index in [1.807, 2.05) is 24.4 Å². The van der Waals surface area contributed by atoms with Crippen molar-refractivity contribution in [2.45, 2.75) is 19.9 Å². The molecule has 3 heteroatoms. The van der Waals surface area contributed by atoms with Gasteiger partial charge in [-0.15, -0.1) is 0 Å². The number of amides is 1. The van der Waals surface area contributed by atoms with Crippen LogP contribution < -0.4 is 0 Å². The van der Waals surface area contributed by atoms with Crippen LogP contribution in [0.4, 0.5) is 4.79 Å². The number of nitrogens with zero attached hydrogens (tertiary/aromatic N) is 1. The summed E-state index contributed by atoms with van der Waals surface area (Å²) in [6.07, 6.45) is 3.55. The van der Waals surface area contributed by atoms with Crippen molar-refractivity contribution in [2.75, 3.05) is 6.61 Å². The Kier molecular flexibility index (Phi) is 3.65. The van der Waals surface area contributed by atoms with Crippen molar-refractivity contribution in [2.24, 2.45) is 5.92 Å². The van der Waals surface area contributed by atoms with Gasteiger partial charge in [0.15, 0.2) is 0 Å². The van der Waals surface area contributed by atoms with Crippen molar-refractivity contribution in [3.05, 3.63) is 54.2 Å². The molecule has 3 nitrogen and oxygen atoms in total. The van der Waals surface area contributed by atoms with Gasteiger partial charge in [-0.25, -0.2) is 4.79 Å². The van der Waals surface area contributed by atoms with E-state index in [0.29, 0.717) is 12.5 Å². The molecule has 1 aliphatic rings. The van der Waals surface area contributed by atoms with Crippen LogP contribution in [-0.4, -0.2) is 23.6 Å². The number of rotatable bonds is 3. The summed E-state index contributed by atoms with van der Waals surface area (Å²) in [5.41, 5.74) is 1.08. The van der Waals surface area contributed by atoms with Crippen molar-refractivity contribution in [3.63, 3.8) is 0 Å². The van der Waals surface area contributed by atoms with E-state index >= 15 is 0 Å². The maximum Gasteiger partial charge on any atom is 0.414 e. The van der Waals surface area contributed by atoms with Crippen LogP contribution in [0.1, 0.15) is 19.4 Å². The average Bonchev–Trinajstić information content (AvgIpc) is 2.86. The second kappa shape index (κ2) is 5.60. The van der Waals surface area contributed by atoms with Crippen LogP contribution in [0, 0.1) is 5.92 Å². The molecule has 1 saturated heterocycles. The zero-order valence-corrected chi connectivity index (χ0v) is 12.3. The molecule has 1 fully saturated rings. The first kappa shape index (κ1) is 13.7. The molecular formula is C18H19NO2. The van der Waals surface area contributed by atoms with Crippen molar-refractivity contribution in [1.82, 2.24) is 4.90 Å². The summed E-state index contributed by atoms with van der Waals surface area (Å²) in [5.74, 6) is 0.373. The zero-order valence-electron chi connectivity index (χ0n) is 12.3. The van der Waals surface area contributed by atoms with Crippen LogP contribution in [0.25, 0.3) is 16.8 Å². The van der Waals surface area contributed by atoms with Crippen molar-refractivity contribution in [3.8, 4) is 0 Å². The Morgan fingerprint density at radius 1 is 1.19 bits per heavy atom. The Bertz CT molecular complexity index is 690. The van der Waals surface area contributed by atoms with Gasteiger partial charge in [0.25, 0.3) is 0 Å². The Labute approximate surface area is 124 Å². The molecule has 0 saturated carbocycles. The standard InChI is InChI=1S/C18H19NO2/c1-13(2)17-12-21-18(20)19(17)10-9-14-7-8-15-5-3-4-6-16(15)11-14/h3-11,13,17H,12H2,1-2H3/b10-9+/t17-/m1/s1. The van der Waals surface area contributed by atoms with Gasteiger partial charge < -0.3 is 4.74 Å². The second-order valence-electron chi connectivity index (χ2n) is 5.72. The molecule has 108 valence electrons. The lowest BCUT2D eigenvalue weighted by atomic mass is 10.0. The molecule has 0 radical (unpaired) electrons. The molecule has 1 heterocycles. The number of hydrogen-bond donors (Lipinski definition) is 0. The molecule has 21 heavy (non-hydrogen) atoms. The predicted molar refractivity (Wildman–Crippen MR) is 84.8 cm³/mol. The van der Waals surface area contributed by atoms with Gasteiger partial charge in [-0.3, -0.25) is 4.90 Å². The van der Waals surface area contributed by atoms with Gasteiger partial charge in [-0.05, 0) is 34.4 Å². The number of ether oxygens (including phenoxy) is 1. The minimum absolute atomic E-state index is 0.120. The molecule has 1 atom stereocenters. The Morgan fingerprint density at radius 3 is 2.71 bits per heavy atom. The first-order valence-corrected chi connectivity index (χ1v) is 7.27. The predicted octanol–water partition coefficient (Wildman–Crippen LogP) is 4.29. The third-order valence-electron chi connectivity index (χ3n) is 3.92. The molecule has 0 bridgehead atoms. The number of fused-ring (bicyclic) bond motifs is 1. The number of cyclic esters (lactones) is 1. The molecule has 1 amide bonds. The van der Waals surface area contributed by atoms with E-state index in [0.717, 1.165) is 5.56 Å². The van der Waals surface area contributed by atoms with Crippen LogP contribution in [0.3, 0.4) is 0 Å². The number of hydrogen-bond acceptors (Lipinski definition) is 2. The van der Waals surface area contributed by atoms with Crippen molar-refractivity contribution >= 4 is 22.9 Å². The molecule has 0 spiro atoms. The Balaban J connectivity index is 1.85. The highest BCUT2D eigenvalue weighted by atomic mass is 16.6. The molecule has 0 aliphatic carbocycles. The lowest BCUT2D eigenvalue weighted by Crippen LogP contribution is -2.32. The summed E-state index contributed by atoms with van der Waals surface area (Å²) in [5, 5.41) is 2.42. The SMILES string of the molecule is CC(C)[C@H]1COC(=O)N1/C=C/c1ccc2ccccc2c1. The number of carbonyl (C=O) groups excluding carboxylic acids is 1. The molecule has 2 aromatic rings. The summed E-state index contributed by atoms with van der Waals surface area (Å²) < 4.78 is 5.13. The molecule has 1 aliphatic heterocycles. The highest BCUT2D eigenvalue weighted by Gasteiger charge is 2.33. The van der Waals surface area contributed by atoms with E-state index in [1.54, 1.807) is 4.90 Å². The van der Waals surface area contributed by atoms with Crippen LogP contribution in [0.2, 0.25) is 0 Å². The van der Waals surface area contributed by atoms with E-state index in [4.69, 9.17) is 4.74 Å². The number of carbonyl (C=O) groups is 1. The monoisotopic (exact) mass is 281 g/mol. The molecule has 3 rings (SSSR count). The largest absolute Gasteiger partial charge is 0.447 e. The molecule has 0 aromatic heterocycles. The fraction of sp³-hybridized carbons (Fsp3) is 0.278. The quantitative estimate of drug-likeness (QED) is 0.840. The maximum absolute atomic E-state index is 11.8. The molecule has 2 aromatic carbocycles. The normalized spacial score (nSPS) is 18.9. The van der Waals surface area contributed by atoms with Gasteiger partial charge in [0.2, 0.25) is 0 Å². The Hall–Kier alpha value is -2.29.